The summed E-state index contributed by atoms with van der Waals surface area (Å²) in [6, 6.07) is 15.7. The number of carbonyl (C=O) groups excluding carboxylic acids is 1. The monoisotopic (exact) mass is 480 g/mol. The standard InChI is InChI=1S/C15H18ClN3.C12H15NO2/c1-4-12-14(18-13(5-2)15(17)19-12)10-7-6-9(3)8-11(10)16;14-12(13-8-4-5-9-13)15-10-11-6-2-1-3-7-11/h6-8H,4-5H2,1-3H3,(H2,17,19);1-3,6-7H,4-5,8-10H2. The second kappa shape index (κ2) is 12.4. The van der Waals surface area contributed by atoms with Crippen molar-refractivity contribution in [1.29, 1.82) is 0 Å². The van der Waals surface area contributed by atoms with Crippen molar-refractivity contribution in [3.05, 3.63) is 76.1 Å². The molecular weight excluding hydrogens is 448 g/mol. The van der Waals surface area contributed by atoms with Gasteiger partial charge in [-0.1, -0.05) is 67.9 Å². The minimum absolute atomic E-state index is 0.184. The first-order valence-electron chi connectivity index (χ1n) is 11.8. The number of benzene rings is 2. The summed E-state index contributed by atoms with van der Waals surface area (Å²) in [5, 5.41) is 0.704. The van der Waals surface area contributed by atoms with Crippen LogP contribution in [-0.4, -0.2) is 34.1 Å². The van der Waals surface area contributed by atoms with Crippen LogP contribution in [0.25, 0.3) is 11.3 Å². The Hall–Kier alpha value is -3.12. The number of hydrogen-bond donors (Lipinski definition) is 1. The fraction of sp³-hybridized carbons (Fsp3) is 0.370. The Kier molecular flexibility index (Phi) is 9.28. The van der Waals surface area contributed by atoms with Gasteiger partial charge in [0, 0.05) is 18.7 Å². The summed E-state index contributed by atoms with van der Waals surface area (Å²) in [5.41, 5.74) is 11.6. The number of carbonyl (C=O) groups is 1. The first kappa shape index (κ1) is 25.5. The third-order valence-corrected chi connectivity index (χ3v) is 6.00. The van der Waals surface area contributed by atoms with Crippen LogP contribution in [0.2, 0.25) is 5.02 Å². The van der Waals surface area contributed by atoms with Gasteiger partial charge in [0.2, 0.25) is 0 Å². The van der Waals surface area contributed by atoms with E-state index in [0.717, 1.165) is 72.5 Å². The summed E-state index contributed by atoms with van der Waals surface area (Å²) in [6.07, 6.45) is 3.55. The van der Waals surface area contributed by atoms with E-state index >= 15 is 0 Å². The number of anilines is 1. The van der Waals surface area contributed by atoms with Gasteiger partial charge < -0.3 is 15.4 Å². The summed E-state index contributed by atoms with van der Waals surface area (Å²) >= 11 is 6.33. The molecular formula is C27H33ClN4O2. The number of hydrogen-bond acceptors (Lipinski definition) is 5. The van der Waals surface area contributed by atoms with Crippen molar-refractivity contribution in [2.24, 2.45) is 0 Å². The summed E-state index contributed by atoms with van der Waals surface area (Å²) in [5.74, 6) is 0.520. The molecule has 0 radical (unpaired) electrons. The first-order valence-corrected chi connectivity index (χ1v) is 12.2. The van der Waals surface area contributed by atoms with Crippen molar-refractivity contribution in [3.8, 4) is 11.3 Å². The summed E-state index contributed by atoms with van der Waals surface area (Å²) in [4.78, 5) is 22.4. The molecule has 0 saturated carbocycles. The van der Waals surface area contributed by atoms with Crippen LogP contribution in [0.5, 0.6) is 0 Å². The van der Waals surface area contributed by atoms with Crippen LogP contribution in [0.4, 0.5) is 10.6 Å². The number of aromatic nitrogens is 2. The van der Waals surface area contributed by atoms with E-state index in [1.165, 1.54) is 0 Å². The lowest BCUT2D eigenvalue weighted by atomic mass is 10.1. The molecule has 7 heteroatoms. The van der Waals surface area contributed by atoms with Crippen molar-refractivity contribution >= 4 is 23.5 Å². The molecule has 3 aromatic rings. The van der Waals surface area contributed by atoms with E-state index in [4.69, 9.17) is 22.1 Å². The van der Waals surface area contributed by atoms with Crippen molar-refractivity contribution in [2.45, 2.75) is 53.1 Å². The molecule has 1 aromatic heterocycles. The normalized spacial score (nSPS) is 12.8. The molecule has 34 heavy (non-hydrogen) atoms. The Morgan fingerprint density at radius 2 is 1.71 bits per heavy atom. The molecule has 1 aliphatic rings. The zero-order valence-corrected chi connectivity index (χ0v) is 20.9. The number of aryl methyl sites for hydroxylation is 3. The number of nitrogens with two attached hydrogens (primary N) is 1. The van der Waals surface area contributed by atoms with Crippen molar-refractivity contribution in [2.75, 3.05) is 18.8 Å². The number of amides is 1. The lowest BCUT2D eigenvalue weighted by Gasteiger charge is -2.14. The van der Waals surface area contributed by atoms with E-state index in [1.54, 1.807) is 4.90 Å². The van der Waals surface area contributed by atoms with E-state index in [9.17, 15) is 4.79 Å². The van der Waals surface area contributed by atoms with E-state index in [-0.39, 0.29) is 6.09 Å². The maximum Gasteiger partial charge on any atom is 0.410 e. The largest absolute Gasteiger partial charge is 0.445 e. The third kappa shape index (κ3) is 6.70. The molecule has 4 rings (SSSR count). The fourth-order valence-electron chi connectivity index (χ4n) is 3.76. The van der Waals surface area contributed by atoms with Gasteiger partial charge in [0.25, 0.3) is 0 Å². The van der Waals surface area contributed by atoms with Gasteiger partial charge in [-0.3, -0.25) is 0 Å². The van der Waals surface area contributed by atoms with Crippen LogP contribution < -0.4 is 5.73 Å². The third-order valence-electron chi connectivity index (χ3n) is 5.69. The summed E-state index contributed by atoms with van der Waals surface area (Å²) in [6.45, 7) is 8.13. The van der Waals surface area contributed by atoms with Gasteiger partial charge in [-0.2, -0.15) is 0 Å². The summed E-state index contributed by atoms with van der Waals surface area (Å²) in [7, 11) is 0. The topological polar surface area (TPSA) is 81.3 Å². The Morgan fingerprint density at radius 1 is 1.03 bits per heavy atom. The summed E-state index contributed by atoms with van der Waals surface area (Å²) < 4.78 is 5.20. The molecule has 1 fully saturated rings. The van der Waals surface area contributed by atoms with E-state index in [2.05, 4.69) is 9.97 Å². The molecule has 1 amide bonds. The highest BCUT2D eigenvalue weighted by molar-refractivity contribution is 6.33. The molecule has 2 aromatic carbocycles. The number of nitrogens with zero attached hydrogens (tertiary/aromatic N) is 3. The maximum absolute atomic E-state index is 11.5. The Bertz CT molecular complexity index is 1100. The van der Waals surface area contributed by atoms with Crippen LogP contribution in [0.3, 0.4) is 0 Å². The lowest BCUT2D eigenvalue weighted by Crippen LogP contribution is -2.28. The van der Waals surface area contributed by atoms with Gasteiger partial charge in [0.1, 0.15) is 12.4 Å². The lowest BCUT2D eigenvalue weighted by molar-refractivity contribution is 0.104. The van der Waals surface area contributed by atoms with Crippen LogP contribution in [-0.2, 0) is 24.2 Å². The molecule has 6 nitrogen and oxygen atoms in total. The van der Waals surface area contributed by atoms with E-state index in [1.807, 2.05) is 69.3 Å². The quantitative estimate of drug-likeness (QED) is 0.468. The van der Waals surface area contributed by atoms with Crippen LogP contribution in [0.15, 0.2) is 48.5 Å². The molecule has 0 spiro atoms. The van der Waals surface area contributed by atoms with Crippen LogP contribution >= 0.6 is 11.6 Å². The van der Waals surface area contributed by atoms with Gasteiger partial charge in [-0.25, -0.2) is 14.8 Å². The molecule has 180 valence electrons. The van der Waals surface area contributed by atoms with Crippen molar-refractivity contribution in [3.63, 3.8) is 0 Å². The molecule has 1 aliphatic heterocycles. The second-order valence-corrected chi connectivity index (χ2v) is 8.68. The van der Waals surface area contributed by atoms with Gasteiger partial charge >= 0.3 is 6.09 Å². The number of halogens is 1. The average molecular weight is 481 g/mol. The molecule has 2 N–H and O–H groups in total. The van der Waals surface area contributed by atoms with Crippen LogP contribution in [0.1, 0.15) is 49.2 Å². The molecule has 2 heterocycles. The predicted molar refractivity (Wildman–Crippen MR) is 138 cm³/mol. The van der Waals surface area contributed by atoms with Crippen molar-refractivity contribution < 1.29 is 9.53 Å². The Morgan fingerprint density at radius 3 is 2.32 bits per heavy atom. The zero-order chi connectivity index (χ0) is 24.5. The van der Waals surface area contributed by atoms with Gasteiger partial charge in [-0.05, 0) is 49.8 Å². The molecule has 0 bridgehead atoms. The minimum Gasteiger partial charge on any atom is -0.445 e. The molecule has 0 unspecified atom stereocenters. The number of rotatable bonds is 5. The number of likely N-dealkylation sites (tertiary alicyclic amines) is 1. The minimum atomic E-state index is -0.184. The molecule has 0 aliphatic carbocycles. The average Bonchev–Trinajstić information content (AvgIpc) is 3.39. The Labute approximate surface area is 207 Å². The molecule has 1 saturated heterocycles. The van der Waals surface area contributed by atoms with E-state index < -0.39 is 0 Å². The van der Waals surface area contributed by atoms with Gasteiger partial charge in [-0.15, -0.1) is 0 Å². The smallest absolute Gasteiger partial charge is 0.410 e. The number of nitrogen functional groups attached to an aromatic ring is 1. The highest BCUT2D eigenvalue weighted by Gasteiger charge is 2.18. The van der Waals surface area contributed by atoms with Gasteiger partial charge in [0.05, 0.1) is 22.1 Å². The number of ether oxygens (including phenoxy) is 1. The van der Waals surface area contributed by atoms with Crippen molar-refractivity contribution in [1.82, 2.24) is 14.9 Å². The highest BCUT2D eigenvalue weighted by atomic mass is 35.5. The maximum atomic E-state index is 11.5. The van der Waals surface area contributed by atoms with E-state index in [0.29, 0.717) is 17.4 Å². The van der Waals surface area contributed by atoms with Gasteiger partial charge in [0.15, 0.2) is 0 Å². The second-order valence-electron chi connectivity index (χ2n) is 8.28. The zero-order valence-electron chi connectivity index (χ0n) is 20.2. The predicted octanol–water partition coefficient (Wildman–Crippen LogP) is 6.23. The SMILES string of the molecule is CCc1nc(-c2ccc(C)cc2Cl)c(CC)nc1N.O=C(OCc1ccccc1)N1CCCC1. The van der Waals surface area contributed by atoms with Crippen LogP contribution in [0, 0.1) is 6.92 Å². The Balaban J connectivity index is 0.000000196. The first-order chi connectivity index (χ1) is 16.4. The fourth-order valence-corrected chi connectivity index (χ4v) is 4.09. The molecule has 0 atom stereocenters. The highest BCUT2D eigenvalue weighted by Crippen LogP contribution is 2.30.